The first kappa shape index (κ1) is 10.7. The Morgan fingerprint density at radius 2 is 2.00 bits per heavy atom. The van der Waals surface area contributed by atoms with Crippen molar-refractivity contribution in [3.8, 4) is 0 Å². The molecule has 1 aliphatic heterocycles. The van der Waals surface area contributed by atoms with Crippen molar-refractivity contribution in [1.29, 1.82) is 0 Å². The molecule has 1 atom stereocenters. The lowest BCUT2D eigenvalue weighted by Crippen LogP contribution is -2.52. The third-order valence-electron chi connectivity index (χ3n) is 2.67. The van der Waals surface area contributed by atoms with E-state index in [2.05, 4.69) is 4.74 Å². The summed E-state index contributed by atoms with van der Waals surface area (Å²) in [4.78, 5) is 23.8. The van der Waals surface area contributed by atoms with Gasteiger partial charge in [0.05, 0.1) is 7.11 Å². The Labute approximate surface area is 82.0 Å². The van der Waals surface area contributed by atoms with Gasteiger partial charge in [0.2, 0.25) is 0 Å². The lowest BCUT2D eigenvalue weighted by atomic mass is 10.0. The predicted molar refractivity (Wildman–Crippen MR) is 48.1 cm³/mol. The van der Waals surface area contributed by atoms with E-state index in [1.165, 1.54) is 21.1 Å². The highest BCUT2D eigenvalue weighted by Crippen LogP contribution is 2.32. The van der Waals surface area contributed by atoms with E-state index in [9.17, 15) is 14.7 Å². The first-order chi connectivity index (χ1) is 6.37. The Morgan fingerprint density at radius 3 is 2.29 bits per heavy atom. The van der Waals surface area contributed by atoms with Crippen molar-refractivity contribution in [1.82, 2.24) is 4.90 Å². The van der Waals surface area contributed by atoms with Gasteiger partial charge in [0.15, 0.2) is 0 Å². The molecule has 1 amide bonds. The molecule has 5 heteroatoms. The Balaban J connectivity index is 3.25. The average molecular weight is 199 g/mol. The number of nitrogens with zero attached hydrogens (tertiary/aromatic N) is 1. The minimum absolute atomic E-state index is 0.317. The topological polar surface area (TPSA) is 66.8 Å². The van der Waals surface area contributed by atoms with E-state index in [0.717, 1.165) is 4.90 Å². The number of hydrogen-bond donors (Lipinski definition) is 1. The lowest BCUT2D eigenvalue weighted by molar-refractivity contribution is -0.176. The second-order valence-electron chi connectivity index (χ2n) is 3.28. The monoisotopic (exact) mass is 199 g/mol. The van der Waals surface area contributed by atoms with Gasteiger partial charge in [-0.3, -0.25) is 4.79 Å². The molecule has 0 spiro atoms. The molecule has 0 radical (unpaired) electrons. The highest BCUT2D eigenvalue weighted by molar-refractivity contribution is 6.03. The number of likely N-dealkylation sites (N-methyl/N-ethyl adjacent to an activating group) is 1. The smallest absolute Gasteiger partial charge is 0.364 e. The van der Waals surface area contributed by atoms with Gasteiger partial charge in [0, 0.05) is 12.6 Å². The van der Waals surface area contributed by atoms with Crippen molar-refractivity contribution in [3.05, 3.63) is 11.1 Å². The summed E-state index contributed by atoms with van der Waals surface area (Å²) < 4.78 is 4.46. The number of aliphatic hydroxyl groups is 1. The van der Waals surface area contributed by atoms with Crippen molar-refractivity contribution in [2.75, 3.05) is 14.2 Å². The van der Waals surface area contributed by atoms with Crippen molar-refractivity contribution in [2.45, 2.75) is 19.6 Å². The number of esters is 1. The minimum Gasteiger partial charge on any atom is -0.465 e. The second-order valence-corrected chi connectivity index (χ2v) is 3.28. The van der Waals surface area contributed by atoms with Crippen LogP contribution in [0.3, 0.4) is 0 Å². The van der Waals surface area contributed by atoms with Crippen LogP contribution >= 0.6 is 0 Å². The number of amides is 1. The quantitative estimate of drug-likeness (QED) is 0.586. The summed E-state index contributed by atoms with van der Waals surface area (Å²) >= 11 is 0. The molecule has 78 valence electrons. The highest BCUT2D eigenvalue weighted by Gasteiger charge is 2.52. The van der Waals surface area contributed by atoms with Crippen LogP contribution in [0, 0.1) is 0 Å². The van der Waals surface area contributed by atoms with Crippen LogP contribution in [0.25, 0.3) is 0 Å². The fraction of sp³-hybridized carbons (Fsp3) is 0.556. The van der Waals surface area contributed by atoms with E-state index >= 15 is 0 Å². The number of methoxy groups -OCH3 is 1. The van der Waals surface area contributed by atoms with E-state index < -0.39 is 11.7 Å². The van der Waals surface area contributed by atoms with Crippen LogP contribution < -0.4 is 0 Å². The number of ether oxygens (including phenoxy) is 1. The molecule has 0 saturated heterocycles. The van der Waals surface area contributed by atoms with E-state index in [0.29, 0.717) is 11.1 Å². The van der Waals surface area contributed by atoms with Gasteiger partial charge in [-0.25, -0.2) is 4.79 Å². The third-order valence-corrected chi connectivity index (χ3v) is 2.67. The van der Waals surface area contributed by atoms with Gasteiger partial charge in [-0.2, -0.15) is 0 Å². The van der Waals surface area contributed by atoms with Gasteiger partial charge in [-0.15, -0.1) is 0 Å². The van der Waals surface area contributed by atoms with Crippen molar-refractivity contribution in [3.63, 3.8) is 0 Å². The van der Waals surface area contributed by atoms with Crippen LogP contribution in [0.1, 0.15) is 13.8 Å². The van der Waals surface area contributed by atoms with Gasteiger partial charge in [0.25, 0.3) is 11.6 Å². The maximum Gasteiger partial charge on any atom is 0.364 e. The summed E-state index contributed by atoms with van der Waals surface area (Å²) in [5.41, 5.74) is -1.24. The molecule has 0 fully saturated rings. The molecule has 0 aromatic rings. The molecule has 1 heterocycles. The summed E-state index contributed by atoms with van der Waals surface area (Å²) in [6.45, 7) is 3.10. The molecule has 1 aliphatic rings. The van der Waals surface area contributed by atoms with Gasteiger partial charge < -0.3 is 14.7 Å². The molecule has 0 aromatic carbocycles. The van der Waals surface area contributed by atoms with E-state index in [4.69, 9.17) is 0 Å². The fourth-order valence-corrected chi connectivity index (χ4v) is 1.50. The van der Waals surface area contributed by atoms with E-state index in [1.807, 2.05) is 0 Å². The summed E-state index contributed by atoms with van der Waals surface area (Å²) in [6, 6.07) is 0. The summed E-state index contributed by atoms with van der Waals surface area (Å²) in [5, 5.41) is 10.0. The molecular weight excluding hydrogens is 186 g/mol. The first-order valence-corrected chi connectivity index (χ1v) is 4.14. The lowest BCUT2D eigenvalue weighted by Gasteiger charge is -2.29. The van der Waals surface area contributed by atoms with Gasteiger partial charge in [-0.05, 0) is 19.4 Å². The summed E-state index contributed by atoms with van der Waals surface area (Å²) in [6.07, 6.45) is 0. The molecule has 0 aliphatic carbocycles. The molecule has 0 aromatic heterocycles. The Bertz CT molecular complexity index is 334. The molecule has 0 bridgehead atoms. The number of rotatable bonds is 1. The molecular formula is C9H13NO4. The number of carbonyl (C=O) groups is 2. The summed E-state index contributed by atoms with van der Waals surface area (Å²) in [7, 11) is 2.53. The first-order valence-electron chi connectivity index (χ1n) is 4.14. The fourth-order valence-electron chi connectivity index (χ4n) is 1.50. The number of carbonyl (C=O) groups excluding carboxylic acids is 2. The maximum absolute atomic E-state index is 11.5. The Hall–Kier alpha value is -1.36. The Morgan fingerprint density at radius 1 is 1.50 bits per heavy atom. The number of hydrogen-bond acceptors (Lipinski definition) is 4. The van der Waals surface area contributed by atoms with Crippen LogP contribution in [0.5, 0.6) is 0 Å². The van der Waals surface area contributed by atoms with Crippen molar-refractivity contribution < 1.29 is 19.4 Å². The highest BCUT2D eigenvalue weighted by atomic mass is 16.5. The van der Waals surface area contributed by atoms with E-state index in [1.54, 1.807) is 6.92 Å². The zero-order valence-corrected chi connectivity index (χ0v) is 8.62. The van der Waals surface area contributed by atoms with Crippen molar-refractivity contribution >= 4 is 11.9 Å². The van der Waals surface area contributed by atoms with E-state index in [-0.39, 0.29) is 5.91 Å². The SMILES string of the molecule is COC(=O)C1(O)C(C)=C(C)C(=O)N1C. The van der Waals surface area contributed by atoms with Crippen molar-refractivity contribution in [2.24, 2.45) is 0 Å². The van der Waals surface area contributed by atoms with Crippen LogP contribution in [0.4, 0.5) is 0 Å². The Kier molecular flexibility index (Phi) is 2.37. The molecule has 5 nitrogen and oxygen atoms in total. The average Bonchev–Trinajstić information content (AvgIpc) is 2.34. The minimum atomic E-state index is -1.93. The van der Waals surface area contributed by atoms with Crippen LogP contribution in [0.15, 0.2) is 11.1 Å². The molecule has 1 unspecified atom stereocenters. The summed E-state index contributed by atoms with van der Waals surface area (Å²) in [5.74, 6) is -1.21. The third kappa shape index (κ3) is 1.05. The van der Waals surface area contributed by atoms with Crippen LogP contribution in [0.2, 0.25) is 0 Å². The second kappa shape index (κ2) is 3.09. The molecule has 0 saturated carbocycles. The van der Waals surface area contributed by atoms with Crippen LogP contribution in [-0.2, 0) is 14.3 Å². The molecule has 14 heavy (non-hydrogen) atoms. The molecule has 1 N–H and O–H groups in total. The normalized spacial score (nSPS) is 27.2. The zero-order chi connectivity index (χ0) is 11.1. The van der Waals surface area contributed by atoms with Gasteiger partial charge in [0.1, 0.15) is 0 Å². The predicted octanol–water partition coefficient (Wildman–Crippen LogP) is -0.344. The largest absolute Gasteiger partial charge is 0.465 e. The van der Waals surface area contributed by atoms with Gasteiger partial charge >= 0.3 is 5.97 Å². The maximum atomic E-state index is 11.5. The standard InChI is InChI=1S/C9H13NO4/c1-5-6(2)9(13,8(12)14-4)10(3)7(5)11/h13H,1-4H3. The van der Waals surface area contributed by atoms with Gasteiger partial charge in [-0.1, -0.05) is 0 Å². The molecule has 1 rings (SSSR count). The zero-order valence-electron chi connectivity index (χ0n) is 8.62. The van der Waals surface area contributed by atoms with Crippen LogP contribution in [-0.4, -0.2) is 41.8 Å².